The van der Waals surface area contributed by atoms with Gasteiger partial charge in [0.15, 0.2) is 5.82 Å². The maximum atomic E-state index is 12.3. The highest BCUT2D eigenvalue weighted by Crippen LogP contribution is 2.25. The SMILES string of the molecule is CCCn1cc(S(=O)(=O)NCC(CC)(CC)CO)c(N)n1. The molecule has 0 saturated heterocycles. The molecule has 0 aliphatic carbocycles. The fourth-order valence-electron chi connectivity index (χ4n) is 2.07. The van der Waals surface area contributed by atoms with Crippen molar-refractivity contribution in [1.29, 1.82) is 0 Å². The summed E-state index contributed by atoms with van der Waals surface area (Å²) in [6.07, 6.45) is 3.66. The van der Waals surface area contributed by atoms with E-state index < -0.39 is 15.4 Å². The fourth-order valence-corrected chi connectivity index (χ4v) is 3.30. The second-order valence-electron chi connectivity index (χ2n) is 5.33. The van der Waals surface area contributed by atoms with Crippen molar-refractivity contribution in [2.75, 3.05) is 18.9 Å². The molecule has 0 atom stereocenters. The Morgan fingerprint density at radius 3 is 2.48 bits per heavy atom. The number of nitrogens with two attached hydrogens (primary N) is 1. The number of nitrogen functional groups attached to an aromatic ring is 1. The van der Waals surface area contributed by atoms with Crippen molar-refractivity contribution in [3.63, 3.8) is 0 Å². The van der Waals surface area contributed by atoms with Gasteiger partial charge in [-0.3, -0.25) is 4.68 Å². The third-order valence-corrected chi connectivity index (χ3v) is 5.39. The van der Waals surface area contributed by atoms with E-state index in [2.05, 4.69) is 9.82 Å². The van der Waals surface area contributed by atoms with E-state index in [1.165, 1.54) is 10.9 Å². The van der Waals surface area contributed by atoms with Crippen LogP contribution in [0.3, 0.4) is 0 Å². The van der Waals surface area contributed by atoms with Gasteiger partial charge in [0.1, 0.15) is 4.90 Å². The number of hydrogen-bond acceptors (Lipinski definition) is 5. The van der Waals surface area contributed by atoms with Gasteiger partial charge < -0.3 is 10.8 Å². The largest absolute Gasteiger partial charge is 0.396 e. The van der Waals surface area contributed by atoms with Gasteiger partial charge in [-0.2, -0.15) is 5.10 Å². The smallest absolute Gasteiger partial charge is 0.245 e. The monoisotopic (exact) mass is 318 g/mol. The molecular weight excluding hydrogens is 292 g/mol. The zero-order valence-corrected chi connectivity index (χ0v) is 13.8. The molecule has 0 aliphatic rings. The first-order chi connectivity index (χ1) is 9.84. The van der Waals surface area contributed by atoms with Crippen molar-refractivity contribution in [2.24, 2.45) is 5.41 Å². The van der Waals surface area contributed by atoms with Crippen LogP contribution in [0, 0.1) is 5.41 Å². The summed E-state index contributed by atoms with van der Waals surface area (Å²) >= 11 is 0. The average Bonchev–Trinajstić information content (AvgIpc) is 2.83. The highest BCUT2D eigenvalue weighted by Gasteiger charge is 2.29. The number of hydrogen-bond donors (Lipinski definition) is 3. The molecule has 0 aromatic carbocycles. The minimum atomic E-state index is -3.72. The maximum Gasteiger partial charge on any atom is 0.245 e. The third kappa shape index (κ3) is 4.18. The second kappa shape index (κ2) is 7.24. The first kappa shape index (κ1) is 17.9. The van der Waals surface area contributed by atoms with Gasteiger partial charge in [-0.1, -0.05) is 20.8 Å². The minimum Gasteiger partial charge on any atom is -0.396 e. The molecule has 8 heteroatoms. The van der Waals surface area contributed by atoms with Crippen molar-refractivity contribution in [3.05, 3.63) is 6.20 Å². The number of aromatic nitrogens is 2. The molecule has 0 spiro atoms. The molecule has 0 amide bonds. The molecule has 0 saturated carbocycles. The summed E-state index contributed by atoms with van der Waals surface area (Å²) in [5.41, 5.74) is 5.25. The Morgan fingerprint density at radius 2 is 2.00 bits per heavy atom. The van der Waals surface area contributed by atoms with Gasteiger partial charge >= 0.3 is 0 Å². The maximum absolute atomic E-state index is 12.3. The lowest BCUT2D eigenvalue weighted by atomic mass is 9.84. The Balaban J connectivity index is 2.91. The summed E-state index contributed by atoms with van der Waals surface area (Å²) in [5.74, 6) is -0.00135. The van der Waals surface area contributed by atoms with E-state index in [9.17, 15) is 13.5 Å². The zero-order valence-electron chi connectivity index (χ0n) is 13.0. The van der Waals surface area contributed by atoms with Crippen LogP contribution in [0.15, 0.2) is 11.1 Å². The molecule has 0 fully saturated rings. The summed E-state index contributed by atoms with van der Waals surface area (Å²) in [5, 5.41) is 13.5. The van der Waals surface area contributed by atoms with Gasteiger partial charge in [0, 0.05) is 31.3 Å². The van der Waals surface area contributed by atoms with Gasteiger partial charge in [0.25, 0.3) is 0 Å². The van der Waals surface area contributed by atoms with Crippen LogP contribution in [0.5, 0.6) is 0 Å². The van der Waals surface area contributed by atoms with Crippen molar-refractivity contribution in [2.45, 2.75) is 51.5 Å². The van der Waals surface area contributed by atoms with E-state index in [1.54, 1.807) is 0 Å². The average molecular weight is 318 g/mol. The molecule has 0 radical (unpaired) electrons. The Hall–Kier alpha value is -1.12. The van der Waals surface area contributed by atoms with Gasteiger partial charge in [-0.15, -0.1) is 0 Å². The molecule has 1 aromatic heterocycles. The lowest BCUT2D eigenvalue weighted by molar-refractivity contribution is 0.119. The first-order valence-electron chi connectivity index (χ1n) is 7.27. The number of aliphatic hydroxyl groups excluding tert-OH is 1. The summed E-state index contributed by atoms with van der Waals surface area (Å²) in [6.45, 7) is 6.57. The number of rotatable bonds is 9. The van der Waals surface area contributed by atoms with E-state index in [1.807, 2.05) is 20.8 Å². The van der Waals surface area contributed by atoms with E-state index in [4.69, 9.17) is 5.73 Å². The highest BCUT2D eigenvalue weighted by atomic mass is 32.2. The highest BCUT2D eigenvalue weighted by molar-refractivity contribution is 7.89. The van der Waals surface area contributed by atoms with Crippen LogP contribution in [0.25, 0.3) is 0 Å². The first-order valence-corrected chi connectivity index (χ1v) is 8.76. The van der Waals surface area contributed by atoms with Gasteiger partial charge in [-0.05, 0) is 19.3 Å². The Kier molecular flexibility index (Phi) is 6.18. The number of aliphatic hydroxyl groups is 1. The Bertz CT molecular complexity index is 541. The molecule has 0 aliphatic heterocycles. The third-order valence-electron chi connectivity index (χ3n) is 3.97. The van der Waals surface area contributed by atoms with E-state index in [0.717, 1.165) is 6.42 Å². The summed E-state index contributed by atoms with van der Waals surface area (Å²) in [6, 6.07) is 0. The number of sulfonamides is 1. The zero-order chi connectivity index (χ0) is 16.1. The van der Waals surface area contributed by atoms with Crippen LogP contribution < -0.4 is 10.5 Å². The molecule has 4 N–H and O–H groups in total. The van der Waals surface area contributed by atoms with Crippen molar-refractivity contribution < 1.29 is 13.5 Å². The van der Waals surface area contributed by atoms with Gasteiger partial charge in [-0.25, -0.2) is 13.1 Å². The Labute approximate surface area is 126 Å². The van der Waals surface area contributed by atoms with Gasteiger partial charge in [0.2, 0.25) is 10.0 Å². The van der Waals surface area contributed by atoms with Crippen LogP contribution in [0.4, 0.5) is 5.82 Å². The molecule has 1 aromatic rings. The molecule has 1 rings (SSSR count). The normalized spacial score (nSPS) is 12.8. The minimum absolute atomic E-state index is 0.00135. The molecular formula is C13H26N4O3S. The van der Waals surface area contributed by atoms with Crippen LogP contribution in [-0.2, 0) is 16.6 Å². The van der Waals surface area contributed by atoms with Crippen LogP contribution in [0.2, 0.25) is 0 Å². The quantitative estimate of drug-likeness (QED) is 0.628. The number of aryl methyl sites for hydroxylation is 1. The molecule has 7 nitrogen and oxygen atoms in total. The predicted octanol–water partition coefficient (Wildman–Crippen LogP) is 0.952. The number of nitrogens with one attached hydrogen (secondary N) is 1. The lowest BCUT2D eigenvalue weighted by Crippen LogP contribution is -2.39. The number of anilines is 1. The number of nitrogens with zero attached hydrogens (tertiary/aromatic N) is 2. The molecule has 0 unspecified atom stereocenters. The van der Waals surface area contributed by atoms with Crippen LogP contribution >= 0.6 is 0 Å². The predicted molar refractivity (Wildman–Crippen MR) is 82.2 cm³/mol. The molecule has 122 valence electrons. The lowest BCUT2D eigenvalue weighted by Gasteiger charge is -2.29. The van der Waals surface area contributed by atoms with E-state index in [-0.39, 0.29) is 23.9 Å². The summed E-state index contributed by atoms with van der Waals surface area (Å²) in [4.78, 5) is -0.00463. The van der Waals surface area contributed by atoms with Gasteiger partial charge in [0.05, 0.1) is 0 Å². The molecule has 21 heavy (non-hydrogen) atoms. The van der Waals surface area contributed by atoms with Crippen LogP contribution in [-0.4, -0.2) is 36.5 Å². The Morgan fingerprint density at radius 1 is 1.38 bits per heavy atom. The second-order valence-corrected chi connectivity index (χ2v) is 7.07. The summed E-state index contributed by atoms with van der Waals surface area (Å²) in [7, 11) is -3.72. The summed E-state index contributed by atoms with van der Waals surface area (Å²) < 4.78 is 28.8. The van der Waals surface area contributed by atoms with E-state index in [0.29, 0.717) is 19.4 Å². The molecule has 0 bridgehead atoms. The van der Waals surface area contributed by atoms with Crippen molar-refractivity contribution in [1.82, 2.24) is 14.5 Å². The van der Waals surface area contributed by atoms with Crippen molar-refractivity contribution in [3.8, 4) is 0 Å². The van der Waals surface area contributed by atoms with Crippen LogP contribution in [0.1, 0.15) is 40.0 Å². The molecule has 1 heterocycles. The standard InChI is InChI=1S/C13H26N4O3S/c1-4-7-17-8-11(12(14)16-17)21(19,20)15-9-13(5-2,6-3)10-18/h8,15,18H,4-7,9-10H2,1-3H3,(H2,14,16). The van der Waals surface area contributed by atoms with Crippen molar-refractivity contribution >= 4 is 15.8 Å². The van der Waals surface area contributed by atoms with E-state index >= 15 is 0 Å². The topological polar surface area (TPSA) is 110 Å². The fraction of sp³-hybridized carbons (Fsp3) is 0.769.